The Labute approximate surface area is 97.8 Å². The number of carboxylic acid groups (broad SMARTS) is 1. The molecule has 0 spiro atoms. The second-order valence-corrected chi connectivity index (χ2v) is 6.13. The van der Waals surface area contributed by atoms with Gasteiger partial charge in [0.2, 0.25) is 0 Å². The fraction of sp³-hybridized carbons (Fsp3) is 0.923. The van der Waals surface area contributed by atoms with Crippen molar-refractivity contribution in [3.63, 3.8) is 0 Å². The second kappa shape index (κ2) is 4.36. The van der Waals surface area contributed by atoms with E-state index in [0.29, 0.717) is 11.5 Å². The van der Waals surface area contributed by atoms with E-state index in [1.807, 2.05) is 0 Å². The molecule has 0 bridgehead atoms. The lowest BCUT2D eigenvalue weighted by Crippen LogP contribution is -2.45. The molecule has 3 nitrogen and oxygen atoms in total. The topological polar surface area (TPSA) is 40.5 Å². The molecule has 16 heavy (non-hydrogen) atoms. The molecule has 1 N–H and O–H groups in total. The van der Waals surface area contributed by atoms with E-state index >= 15 is 0 Å². The van der Waals surface area contributed by atoms with Crippen molar-refractivity contribution in [3.05, 3.63) is 0 Å². The van der Waals surface area contributed by atoms with Crippen LogP contribution in [-0.4, -0.2) is 34.6 Å². The smallest absolute Gasteiger partial charge is 0.320 e. The summed E-state index contributed by atoms with van der Waals surface area (Å²) in [5, 5.41) is 9.18. The van der Waals surface area contributed by atoms with Gasteiger partial charge in [0.25, 0.3) is 0 Å². The fourth-order valence-corrected chi connectivity index (χ4v) is 3.21. The molecule has 0 aromatic rings. The van der Waals surface area contributed by atoms with Crippen LogP contribution in [0.15, 0.2) is 0 Å². The Hall–Kier alpha value is -0.570. The van der Waals surface area contributed by atoms with Gasteiger partial charge in [0, 0.05) is 6.04 Å². The van der Waals surface area contributed by atoms with E-state index in [9.17, 15) is 9.90 Å². The highest BCUT2D eigenvalue weighted by atomic mass is 16.4. The van der Waals surface area contributed by atoms with Gasteiger partial charge in [-0.2, -0.15) is 0 Å². The van der Waals surface area contributed by atoms with E-state index in [4.69, 9.17) is 0 Å². The molecular weight excluding hydrogens is 202 g/mol. The Morgan fingerprint density at radius 2 is 1.88 bits per heavy atom. The summed E-state index contributed by atoms with van der Waals surface area (Å²) in [7, 11) is 0. The van der Waals surface area contributed by atoms with Crippen LogP contribution in [0.25, 0.3) is 0 Å². The third kappa shape index (κ3) is 2.40. The minimum Gasteiger partial charge on any atom is -0.480 e. The van der Waals surface area contributed by atoms with Crippen LogP contribution in [0.1, 0.15) is 52.4 Å². The van der Waals surface area contributed by atoms with Gasteiger partial charge in [0.05, 0.1) is 0 Å². The number of hydrogen-bond donors (Lipinski definition) is 1. The Morgan fingerprint density at radius 3 is 2.44 bits per heavy atom. The number of carboxylic acids is 1. The van der Waals surface area contributed by atoms with Crippen molar-refractivity contribution in [2.45, 2.75) is 64.5 Å². The number of likely N-dealkylation sites (tertiary alicyclic amines) is 1. The summed E-state index contributed by atoms with van der Waals surface area (Å²) in [4.78, 5) is 13.4. The van der Waals surface area contributed by atoms with Crippen molar-refractivity contribution >= 4 is 5.97 Å². The molecular formula is C13H23NO2. The molecule has 3 heteroatoms. The van der Waals surface area contributed by atoms with Crippen molar-refractivity contribution in [1.29, 1.82) is 0 Å². The molecule has 2 aliphatic rings. The third-order valence-corrected chi connectivity index (χ3v) is 4.36. The molecule has 1 aliphatic heterocycles. The molecule has 1 saturated heterocycles. The van der Waals surface area contributed by atoms with Gasteiger partial charge in [-0.25, -0.2) is 0 Å². The van der Waals surface area contributed by atoms with Gasteiger partial charge in [-0.3, -0.25) is 9.69 Å². The van der Waals surface area contributed by atoms with Gasteiger partial charge < -0.3 is 5.11 Å². The summed E-state index contributed by atoms with van der Waals surface area (Å²) >= 11 is 0. The predicted molar refractivity (Wildman–Crippen MR) is 63.4 cm³/mol. The van der Waals surface area contributed by atoms with E-state index < -0.39 is 5.97 Å². The first-order valence-corrected chi connectivity index (χ1v) is 6.48. The third-order valence-electron chi connectivity index (χ3n) is 4.36. The van der Waals surface area contributed by atoms with Gasteiger partial charge in [-0.05, 0) is 50.5 Å². The first kappa shape index (κ1) is 11.9. The molecule has 1 atom stereocenters. The van der Waals surface area contributed by atoms with Gasteiger partial charge in [-0.1, -0.05) is 13.8 Å². The van der Waals surface area contributed by atoms with Crippen molar-refractivity contribution in [2.75, 3.05) is 6.54 Å². The Balaban J connectivity index is 1.96. The fourth-order valence-electron chi connectivity index (χ4n) is 3.21. The molecule has 1 heterocycles. The summed E-state index contributed by atoms with van der Waals surface area (Å²) in [6.07, 6.45) is 6.72. The number of aliphatic carboxylic acids is 1. The zero-order valence-electron chi connectivity index (χ0n) is 10.4. The molecule has 2 rings (SSSR count). The van der Waals surface area contributed by atoms with Crippen LogP contribution in [0.5, 0.6) is 0 Å². The maximum Gasteiger partial charge on any atom is 0.320 e. The minimum absolute atomic E-state index is 0.203. The Morgan fingerprint density at radius 1 is 1.25 bits per heavy atom. The van der Waals surface area contributed by atoms with E-state index in [0.717, 1.165) is 19.4 Å². The average Bonchev–Trinajstić information content (AvgIpc) is 2.66. The first-order valence-electron chi connectivity index (χ1n) is 6.48. The highest BCUT2D eigenvalue weighted by Crippen LogP contribution is 2.38. The Kier molecular flexibility index (Phi) is 3.24. The van der Waals surface area contributed by atoms with Crippen LogP contribution in [0, 0.1) is 5.41 Å². The quantitative estimate of drug-likeness (QED) is 0.785. The van der Waals surface area contributed by atoms with Crippen molar-refractivity contribution < 1.29 is 9.90 Å². The van der Waals surface area contributed by atoms with Crippen LogP contribution in [0.4, 0.5) is 0 Å². The molecule has 0 aromatic heterocycles. The summed E-state index contributed by atoms with van der Waals surface area (Å²) in [6, 6.07) is 0.322. The van der Waals surface area contributed by atoms with Crippen molar-refractivity contribution in [3.8, 4) is 0 Å². The van der Waals surface area contributed by atoms with E-state index in [1.165, 1.54) is 25.7 Å². The summed E-state index contributed by atoms with van der Waals surface area (Å²) < 4.78 is 0. The molecule has 0 aromatic carbocycles. The minimum atomic E-state index is -0.623. The first-order chi connectivity index (χ1) is 7.49. The van der Waals surface area contributed by atoms with Crippen LogP contribution in [-0.2, 0) is 4.79 Å². The normalized spacial score (nSPS) is 31.8. The average molecular weight is 225 g/mol. The van der Waals surface area contributed by atoms with Crippen LogP contribution in [0.2, 0.25) is 0 Å². The second-order valence-electron chi connectivity index (χ2n) is 6.13. The van der Waals surface area contributed by atoms with Crippen molar-refractivity contribution in [1.82, 2.24) is 4.90 Å². The lowest BCUT2D eigenvalue weighted by Gasteiger charge is -2.40. The van der Waals surface area contributed by atoms with Crippen LogP contribution in [0.3, 0.4) is 0 Å². The lowest BCUT2D eigenvalue weighted by molar-refractivity contribution is -0.143. The molecule has 1 saturated carbocycles. The number of nitrogens with zero attached hydrogens (tertiary/aromatic N) is 1. The Bertz CT molecular complexity index is 265. The summed E-state index contributed by atoms with van der Waals surface area (Å²) in [6.45, 7) is 5.63. The van der Waals surface area contributed by atoms with Gasteiger partial charge >= 0.3 is 5.97 Å². The number of hydrogen-bond acceptors (Lipinski definition) is 2. The highest BCUT2D eigenvalue weighted by Gasteiger charge is 2.38. The van der Waals surface area contributed by atoms with Crippen molar-refractivity contribution in [2.24, 2.45) is 5.41 Å². The highest BCUT2D eigenvalue weighted by molar-refractivity contribution is 5.73. The van der Waals surface area contributed by atoms with Gasteiger partial charge in [0.15, 0.2) is 0 Å². The van der Waals surface area contributed by atoms with Crippen LogP contribution >= 0.6 is 0 Å². The van der Waals surface area contributed by atoms with Gasteiger partial charge in [0.1, 0.15) is 6.04 Å². The monoisotopic (exact) mass is 225 g/mol. The van der Waals surface area contributed by atoms with Crippen LogP contribution < -0.4 is 0 Å². The molecule has 1 unspecified atom stereocenters. The zero-order chi connectivity index (χ0) is 11.8. The summed E-state index contributed by atoms with van der Waals surface area (Å²) in [5.41, 5.74) is 0.467. The van der Waals surface area contributed by atoms with E-state index in [1.54, 1.807) is 0 Å². The number of carbonyl (C=O) groups is 1. The van der Waals surface area contributed by atoms with E-state index in [-0.39, 0.29) is 6.04 Å². The van der Waals surface area contributed by atoms with Gasteiger partial charge in [-0.15, -0.1) is 0 Å². The largest absolute Gasteiger partial charge is 0.480 e. The maximum atomic E-state index is 11.1. The molecule has 92 valence electrons. The SMILES string of the molecule is CC1(C)CCC(N2CCCC2C(=O)O)CC1. The molecule has 0 radical (unpaired) electrons. The molecule has 2 fully saturated rings. The lowest BCUT2D eigenvalue weighted by atomic mass is 9.75. The zero-order valence-corrected chi connectivity index (χ0v) is 10.4. The van der Waals surface area contributed by atoms with E-state index in [2.05, 4.69) is 18.7 Å². The molecule has 1 aliphatic carbocycles. The number of rotatable bonds is 2. The molecule has 0 amide bonds. The standard InChI is InChI=1S/C13H23NO2/c1-13(2)7-5-10(6-8-13)14-9-3-4-11(14)12(15)16/h10-11H,3-9H2,1-2H3,(H,15,16). The predicted octanol–water partition coefficient (Wildman–Crippen LogP) is 2.50. The summed E-state index contributed by atoms with van der Waals surface area (Å²) in [5.74, 6) is -0.623. The maximum absolute atomic E-state index is 11.1.